The first kappa shape index (κ1) is 22.2. The van der Waals surface area contributed by atoms with Crippen molar-refractivity contribution in [3.05, 3.63) is 59.2 Å². The van der Waals surface area contributed by atoms with Crippen molar-refractivity contribution >= 4 is 17.4 Å². The molecule has 3 rings (SSSR count). The monoisotopic (exact) mass is 426 g/mol. The standard InChI is InChI=1S/C23H26N2O6/c1-24(2)10-11-25-20(14-6-5-7-15(12-14)30-3)19(22(28)23(25)29)21(27)17-9-8-16(31-4)13-18(17)26/h5-9,12-13,20,26-27H,10-11H2,1-4H3. The number of ether oxygens (including phenoxy) is 2. The fourth-order valence-electron chi connectivity index (χ4n) is 3.56. The minimum absolute atomic E-state index is 0.0410. The number of phenols is 1. The molecule has 2 aromatic carbocycles. The van der Waals surface area contributed by atoms with Crippen molar-refractivity contribution in [3.63, 3.8) is 0 Å². The van der Waals surface area contributed by atoms with E-state index in [1.807, 2.05) is 19.0 Å². The zero-order chi connectivity index (χ0) is 22.7. The lowest BCUT2D eigenvalue weighted by atomic mass is 9.95. The molecular weight excluding hydrogens is 400 g/mol. The van der Waals surface area contributed by atoms with Crippen LogP contribution in [0.3, 0.4) is 0 Å². The number of benzene rings is 2. The largest absolute Gasteiger partial charge is 0.507 e. The summed E-state index contributed by atoms with van der Waals surface area (Å²) in [5.74, 6) is -1.27. The van der Waals surface area contributed by atoms with Gasteiger partial charge < -0.3 is 29.5 Å². The van der Waals surface area contributed by atoms with Gasteiger partial charge in [-0.1, -0.05) is 12.1 Å². The highest BCUT2D eigenvalue weighted by molar-refractivity contribution is 6.46. The normalized spacial score (nSPS) is 18.0. The first-order valence-corrected chi connectivity index (χ1v) is 9.73. The van der Waals surface area contributed by atoms with Gasteiger partial charge >= 0.3 is 0 Å². The number of aromatic hydroxyl groups is 1. The summed E-state index contributed by atoms with van der Waals surface area (Å²) in [6.07, 6.45) is 0. The molecule has 0 aromatic heterocycles. The molecule has 164 valence electrons. The van der Waals surface area contributed by atoms with Gasteiger partial charge in [-0.2, -0.15) is 0 Å². The molecule has 1 unspecified atom stereocenters. The molecule has 1 fully saturated rings. The number of nitrogens with zero attached hydrogens (tertiary/aromatic N) is 2. The van der Waals surface area contributed by atoms with Crippen molar-refractivity contribution in [1.29, 1.82) is 0 Å². The van der Waals surface area contributed by atoms with Crippen LogP contribution in [0, 0.1) is 0 Å². The highest BCUT2D eigenvalue weighted by Crippen LogP contribution is 2.41. The number of carbonyl (C=O) groups excluding carboxylic acids is 2. The van der Waals surface area contributed by atoms with Crippen LogP contribution in [0.5, 0.6) is 17.2 Å². The third-order valence-corrected chi connectivity index (χ3v) is 5.20. The third-order valence-electron chi connectivity index (χ3n) is 5.20. The van der Waals surface area contributed by atoms with Crippen LogP contribution in [-0.4, -0.2) is 73.1 Å². The Balaban J connectivity index is 2.18. The van der Waals surface area contributed by atoms with E-state index in [1.165, 1.54) is 31.3 Å². The summed E-state index contributed by atoms with van der Waals surface area (Å²) >= 11 is 0. The van der Waals surface area contributed by atoms with Crippen molar-refractivity contribution in [2.24, 2.45) is 0 Å². The van der Waals surface area contributed by atoms with Gasteiger partial charge in [-0.05, 0) is 43.9 Å². The fourth-order valence-corrected chi connectivity index (χ4v) is 3.56. The van der Waals surface area contributed by atoms with Crippen LogP contribution in [0.25, 0.3) is 5.76 Å². The molecule has 8 nitrogen and oxygen atoms in total. The SMILES string of the molecule is COc1cccc(C2C(=C(O)c3ccc(OC)cc3O)C(=O)C(=O)N2CCN(C)C)c1. The van der Waals surface area contributed by atoms with Crippen LogP contribution in [0.4, 0.5) is 0 Å². The number of methoxy groups -OCH3 is 2. The summed E-state index contributed by atoms with van der Waals surface area (Å²) in [5, 5.41) is 21.4. The van der Waals surface area contributed by atoms with Crippen LogP contribution in [0.2, 0.25) is 0 Å². The summed E-state index contributed by atoms with van der Waals surface area (Å²) in [6.45, 7) is 0.812. The molecule has 0 saturated carbocycles. The highest BCUT2D eigenvalue weighted by atomic mass is 16.5. The molecule has 31 heavy (non-hydrogen) atoms. The average Bonchev–Trinajstić information content (AvgIpc) is 3.01. The first-order chi connectivity index (χ1) is 14.8. The first-order valence-electron chi connectivity index (χ1n) is 9.73. The number of amides is 1. The Bertz CT molecular complexity index is 1030. The number of hydrogen-bond acceptors (Lipinski definition) is 7. The van der Waals surface area contributed by atoms with Gasteiger partial charge in [-0.25, -0.2) is 0 Å². The number of phenolic OH excluding ortho intramolecular Hbond substituents is 1. The quantitative estimate of drug-likeness (QED) is 0.398. The van der Waals surface area contributed by atoms with Crippen molar-refractivity contribution in [2.45, 2.75) is 6.04 Å². The molecule has 1 saturated heterocycles. The average molecular weight is 426 g/mol. The molecule has 1 aliphatic rings. The zero-order valence-electron chi connectivity index (χ0n) is 18.0. The van der Waals surface area contributed by atoms with E-state index < -0.39 is 23.5 Å². The van der Waals surface area contributed by atoms with Gasteiger partial charge in [0.15, 0.2) is 0 Å². The van der Waals surface area contributed by atoms with Gasteiger partial charge in [0.05, 0.1) is 31.4 Å². The summed E-state index contributed by atoms with van der Waals surface area (Å²) in [4.78, 5) is 29.2. The van der Waals surface area contributed by atoms with Crippen molar-refractivity contribution in [3.8, 4) is 17.2 Å². The summed E-state index contributed by atoms with van der Waals surface area (Å²) in [5.41, 5.74) is 0.573. The Morgan fingerprint density at radius 1 is 1.06 bits per heavy atom. The summed E-state index contributed by atoms with van der Waals surface area (Å²) in [7, 11) is 6.71. The van der Waals surface area contributed by atoms with Crippen LogP contribution in [0.15, 0.2) is 48.0 Å². The minimum Gasteiger partial charge on any atom is -0.507 e. The van der Waals surface area contributed by atoms with Crippen molar-refractivity contribution < 1.29 is 29.3 Å². The smallest absolute Gasteiger partial charge is 0.295 e. The number of hydrogen-bond donors (Lipinski definition) is 2. The van der Waals surface area contributed by atoms with Gasteiger partial charge in [-0.3, -0.25) is 9.59 Å². The second-order valence-corrected chi connectivity index (χ2v) is 7.46. The van der Waals surface area contributed by atoms with Crippen LogP contribution < -0.4 is 9.47 Å². The van der Waals surface area contributed by atoms with Crippen molar-refractivity contribution in [1.82, 2.24) is 9.80 Å². The Hall–Kier alpha value is -3.52. The molecule has 1 aliphatic heterocycles. The number of aliphatic hydroxyl groups is 1. The van der Waals surface area contributed by atoms with E-state index in [9.17, 15) is 19.8 Å². The van der Waals surface area contributed by atoms with E-state index in [4.69, 9.17) is 9.47 Å². The number of ketones is 1. The fraction of sp³-hybridized carbons (Fsp3) is 0.304. The Labute approximate surface area is 180 Å². The molecule has 0 aliphatic carbocycles. The lowest BCUT2D eigenvalue weighted by Crippen LogP contribution is -2.35. The van der Waals surface area contributed by atoms with E-state index >= 15 is 0 Å². The van der Waals surface area contributed by atoms with E-state index in [0.29, 0.717) is 23.6 Å². The second kappa shape index (κ2) is 9.09. The third kappa shape index (κ3) is 4.34. The Morgan fingerprint density at radius 2 is 1.74 bits per heavy atom. The number of Topliss-reactive ketones (excluding diaryl/α,β-unsaturated/α-hetero) is 1. The summed E-state index contributed by atoms with van der Waals surface area (Å²) < 4.78 is 10.4. The lowest BCUT2D eigenvalue weighted by Gasteiger charge is -2.26. The van der Waals surface area contributed by atoms with E-state index in [1.54, 1.807) is 30.3 Å². The number of rotatable bonds is 7. The molecule has 8 heteroatoms. The topological polar surface area (TPSA) is 99.5 Å². The van der Waals surface area contributed by atoms with Crippen LogP contribution >= 0.6 is 0 Å². The van der Waals surface area contributed by atoms with Crippen LogP contribution in [-0.2, 0) is 9.59 Å². The maximum Gasteiger partial charge on any atom is 0.295 e. The molecule has 1 atom stereocenters. The molecule has 0 spiro atoms. The summed E-state index contributed by atoms with van der Waals surface area (Å²) in [6, 6.07) is 10.5. The number of carbonyl (C=O) groups is 2. The van der Waals surface area contributed by atoms with Gasteiger partial charge in [0.2, 0.25) is 0 Å². The highest BCUT2D eigenvalue weighted by Gasteiger charge is 2.46. The number of aliphatic hydroxyl groups excluding tert-OH is 1. The predicted molar refractivity (Wildman–Crippen MR) is 115 cm³/mol. The zero-order valence-corrected chi connectivity index (χ0v) is 18.0. The maximum absolute atomic E-state index is 13.0. The van der Waals surface area contributed by atoms with Gasteiger partial charge in [0.25, 0.3) is 11.7 Å². The minimum atomic E-state index is -0.823. The predicted octanol–water partition coefficient (Wildman–Crippen LogP) is 2.39. The van der Waals surface area contributed by atoms with E-state index in [2.05, 4.69) is 0 Å². The molecule has 1 heterocycles. The van der Waals surface area contributed by atoms with E-state index in [0.717, 1.165) is 0 Å². The molecule has 1 amide bonds. The number of likely N-dealkylation sites (N-methyl/N-ethyl adjacent to an activating group) is 1. The molecule has 2 N–H and O–H groups in total. The second-order valence-electron chi connectivity index (χ2n) is 7.46. The molecule has 0 bridgehead atoms. The maximum atomic E-state index is 13.0. The van der Waals surface area contributed by atoms with Gasteiger partial charge in [-0.15, -0.1) is 0 Å². The Kier molecular flexibility index (Phi) is 6.50. The lowest BCUT2D eigenvalue weighted by molar-refractivity contribution is -0.140. The van der Waals surface area contributed by atoms with Gasteiger partial charge in [0.1, 0.15) is 23.0 Å². The molecular formula is C23H26N2O6. The van der Waals surface area contributed by atoms with E-state index in [-0.39, 0.29) is 23.4 Å². The molecule has 2 aromatic rings. The van der Waals surface area contributed by atoms with Gasteiger partial charge in [0, 0.05) is 19.2 Å². The number of likely N-dealkylation sites (tertiary alicyclic amines) is 1. The van der Waals surface area contributed by atoms with Crippen molar-refractivity contribution in [2.75, 3.05) is 41.4 Å². The molecule has 0 radical (unpaired) electrons. The Morgan fingerprint density at radius 3 is 2.35 bits per heavy atom. The van der Waals surface area contributed by atoms with Crippen LogP contribution in [0.1, 0.15) is 17.2 Å².